The molecular weight excluding hydrogens is 412 g/mol. The number of amides is 2. The summed E-state index contributed by atoms with van der Waals surface area (Å²) in [7, 11) is 1.24. The van der Waals surface area contributed by atoms with Crippen LogP contribution in [-0.4, -0.2) is 43.5 Å². The molecule has 2 amide bonds. The summed E-state index contributed by atoms with van der Waals surface area (Å²) >= 11 is 1.02. The van der Waals surface area contributed by atoms with E-state index in [9.17, 15) is 19.2 Å². The Morgan fingerprint density at radius 3 is 2.57 bits per heavy atom. The number of furan rings is 1. The van der Waals surface area contributed by atoms with Crippen LogP contribution in [-0.2, 0) is 19.1 Å². The Bertz CT molecular complexity index is 902. The van der Waals surface area contributed by atoms with Crippen molar-refractivity contribution < 1.29 is 33.1 Å². The molecule has 2 rings (SSSR count). The van der Waals surface area contributed by atoms with E-state index in [0.717, 1.165) is 11.3 Å². The maximum Gasteiger partial charge on any atom is 0.349 e. The summed E-state index contributed by atoms with van der Waals surface area (Å²) in [5.41, 5.74) is 0.590. The van der Waals surface area contributed by atoms with Crippen LogP contribution in [0.5, 0.6) is 0 Å². The SMILES string of the molecule is COC(=O)C(CC(C)C)NC(=O)COC(=O)c1sc(NC(=O)c2ccco2)cc1C. The van der Waals surface area contributed by atoms with Gasteiger partial charge in [-0.25, -0.2) is 9.59 Å². The fourth-order valence-corrected chi connectivity index (χ4v) is 3.55. The molecule has 9 nitrogen and oxygen atoms in total. The Morgan fingerprint density at radius 1 is 1.23 bits per heavy atom. The number of carbonyl (C=O) groups is 4. The van der Waals surface area contributed by atoms with Gasteiger partial charge in [0.1, 0.15) is 10.9 Å². The second-order valence-corrected chi connectivity index (χ2v) is 7.96. The second-order valence-electron chi connectivity index (χ2n) is 6.90. The summed E-state index contributed by atoms with van der Waals surface area (Å²) in [6.07, 6.45) is 1.78. The number of nitrogens with one attached hydrogen (secondary N) is 2. The second kappa shape index (κ2) is 10.6. The van der Waals surface area contributed by atoms with Crippen LogP contribution in [0.25, 0.3) is 0 Å². The number of hydrogen-bond acceptors (Lipinski definition) is 8. The number of ether oxygens (including phenoxy) is 2. The third-order valence-electron chi connectivity index (χ3n) is 3.95. The molecule has 0 fully saturated rings. The van der Waals surface area contributed by atoms with E-state index in [1.165, 1.54) is 19.4 Å². The zero-order chi connectivity index (χ0) is 22.3. The smallest absolute Gasteiger partial charge is 0.349 e. The van der Waals surface area contributed by atoms with Crippen LogP contribution in [0.4, 0.5) is 5.00 Å². The molecule has 0 spiro atoms. The quantitative estimate of drug-likeness (QED) is 0.579. The molecule has 30 heavy (non-hydrogen) atoms. The molecule has 0 saturated heterocycles. The van der Waals surface area contributed by atoms with Gasteiger partial charge in [0.05, 0.1) is 18.4 Å². The van der Waals surface area contributed by atoms with E-state index >= 15 is 0 Å². The highest BCUT2D eigenvalue weighted by atomic mass is 32.1. The van der Waals surface area contributed by atoms with Crippen LogP contribution in [0.2, 0.25) is 0 Å². The van der Waals surface area contributed by atoms with Crippen molar-refractivity contribution in [2.75, 3.05) is 19.0 Å². The molecule has 0 saturated carbocycles. The maximum absolute atomic E-state index is 12.3. The third kappa shape index (κ3) is 6.45. The fraction of sp³-hybridized carbons (Fsp3) is 0.400. The molecule has 0 aliphatic carbocycles. The fourth-order valence-electron chi connectivity index (χ4n) is 2.59. The van der Waals surface area contributed by atoms with E-state index in [2.05, 4.69) is 15.4 Å². The number of rotatable bonds is 9. The van der Waals surface area contributed by atoms with Crippen LogP contribution < -0.4 is 10.6 Å². The molecule has 0 aliphatic rings. The zero-order valence-electron chi connectivity index (χ0n) is 17.1. The van der Waals surface area contributed by atoms with Crippen molar-refractivity contribution in [3.8, 4) is 0 Å². The van der Waals surface area contributed by atoms with Gasteiger partial charge in [-0.2, -0.15) is 0 Å². The van der Waals surface area contributed by atoms with Gasteiger partial charge in [0.25, 0.3) is 11.8 Å². The number of thiophene rings is 1. The van der Waals surface area contributed by atoms with Crippen LogP contribution >= 0.6 is 11.3 Å². The predicted molar refractivity (Wildman–Crippen MR) is 109 cm³/mol. The van der Waals surface area contributed by atoms with E-state index in [-0.39, 0.29) is 16.6 Å². The van der Waals surface area contributed by atoms with Crippen LogP contribution in [0, 0.1) is 12.8 Å². The van der Waals surface area contributed by atoms with E-state index in [4.69, 9.17) is 9.15 Å². The van der Waals surface area contributed by atoms with Crippen molar-refractivity contribution in [3.05, 3.63) is 40.7 Å². The zero-order valence-corrected chi connectivity index (χ0v) is 18.0. The lowest BCUT2D eigenvalue weighted by molar-refractivity contribution is -0.145. The molecule has 2 heterocycles. The lowest BCUT2D eigenvalue weighted by Gasteiger charge is -2.18. The van der Waals surface area contributed by atoms with Gasteiger partial charge in [-0.3, -0.25) is 9.59 Å². The monoisotopic (exact) mass is 436 g/mol. The first kappa shape index (κ1) is 23.1. The lowest BCUT2D eigenvalue weighted by atomic mass is 10.0. The number of aryl methyl sites for hydroxylation is 1. The molecule has 1 unspecified atom stereocenters. The topological polar surface area (TPSA) is 124 Å². The van der Waals surface area contributed by atoms with Gasteiger partial charge in [-0.05, 0) is 43.0 Å². The summed E-state index contributed by atoms with van der Waals surface area (Å²) in [5.74, 6) is -2.03. The minimum absolute atomic E-state index is 0.142. The predicted octanol–water partition coefficient (Wildman–Crippen LogP) is 2.76. The molecule has 0 radical (unpaired) electrons. The maximum atomic E-state index is 12.3. The van der Waals surface area contributed by atoms with Crippen molar-refractivity contribution in [1.29, 1.82) is 0 Å². The molecule has 2 aromatic heterocycles. The Hall–Kier alpha value is -3.14. The first-order valence-electron chi connectivity index (χ1n) is 9.20. The number of hydrogen-bond donors (Lipinski definition) is 2. The first-order valence-corrected chi connectivity index (χ1v) is 10.0. The highest BCUT2D eigenvalue weighted by molar-refractivity contribution is 7.18. The van der Waals surface area contributed by atoms with Crippen LogP contribution in [0.1, 0.15) is 46.1 Å². The largest absolute Gasteiger partial charge is 0.467 e. The van der Waals surface area contributed by atoms with Gasteiger partial charge in [0.15, 0.2) is 12.4 Å². The van der Waals surface area contributed by atoms with Gasteiger partial charge in [0, 0.05) is 0 Å². The summed E-state index contributed by atoms with van der Waals surface area (Å²) in [6.45, 7) is 4.95. The summed E-state index contributed by atoms with van der Waals surface area (Å²) < 4.78 is 14.8. The minimum atomic E-state index is -0.812. The molecule has 0 aliphatic heterocycles. The Labute approximate surface area is 177 Å². The summed E-state index contributed by atoms with van der Waals surface area (Å²) in [4.78, 5) is 48.5. The normalized spacial score (nSPS) is 11.6. The molecule has 10 heteroatoms. The van der Waals surface area contributed by atoms with E-state index < -0.39 is 36.4 Å². The molecule has 1 atom stereocenters. The Kier molecular flexibility index (Phi) is 8.16. The average Bonchev–Trinajstić information content (AvgIpc) is 3.34. The van der Waals surface area contributed by atoms with Crippen LogP contribution in [0.3, 0.4) is 0 Å². The van der Waals surface area contributed by atoms with Crippen molar-refractivity contribution in [2.24, 2.45) is 5.92 Å². The number of carbonyl (C=O) groups excluding carboxylic acids is 4. The molecule has 2 N–H and O–H groups in total. The average molecular weight is 436 g/mol. The molecule has 0 aromatic carbocycles. The van der Waals surface area contributed by atoms with Crippen LogP contribution in [0.15, 0.2) is 28.9 Å². The minimum Gasteiger partial charge on any atom is -0.467 e. The summed E-state index contributed by atoms with van der Waals surface area (Å²) in [5, 5.41) is 5.59. The van der Waals surface area contributed by atoms with Crippen molar-refractivity contribution in [3.63, 3.8) is 0 Å². The van der Waals surface area contributed by atoms with Gasteiger partial charge < -0.3 is 24.5 Å². The first-order chi connectivity index (χ1) is 14.2. The Morgan fingerprint density at radius 2 is 1.97 bits per heavy atom. The molecule has 2 aromatic rings. The van der Waals surface area contributed by atoms with Gasteiger partial charge in [-0.15, -0.1) is 11.3 Å². The van der Waals surface area contributed by atoms with E-state index in [0.29, 0.717) is 17.0 Å². The van der Waals surface area contributed by atoms with E-state index in [1.807, 2.05) is 13.8 Å². The van der Waals surface area contributed by atoms with Gasteiger partial charge >= 0.3 is 11.9 Å². The highest BCUT2D eigenvalue weighted by Crippen LogP contribution is 2.27. The highest BCUT2D eigenvalue weighted by Gasteiger charge is 2.24. The van der Waals surface area contributed by atoms with Crippen molar-refractivity contribution in [1.82, 2.24) is 5.32 Å². The number of anilines is 1. The van der Waals surface area contributed by atoms with Gasteiger partial charge in [0.2, 0.25) is 0 Å². The summed E-state index contributed by atoms with van der Waals surface area (Å²) in [6, 6.07) is 3.92. The standard InChI is InChI=1S/C20H24N2O7S/c1-11(2)8-13(19(25)27-4)21-15(23)10-29-20(26)17-12(3)9-16(30-17)22-18(24)14-6-5-7-28-14/h5-7,9,11,13H,8,10H2,1-4H3,(H,21,23)(H,22,24). The van der Waals surface area contributed by atoms with E-state index in [1.54, 1.807) is 19.1 Å². The molecule has 162 valence electrons. The van der Waals surface area contributed by atoms with Gasteiger partial charge in [-0.1, -0.05) is 13.8 Å². The molecule has 0 bridgehead atoms. The third-order valence-corrected chi connectivity index (χ3v) is 5.08. The van der Waals surface area contributed by atoms with Crippen molar-refractivity contribution in [2.45, 2.75) is 33.2 Å². The number of esters is 2. The Balaban J connectivity index is 1.92. The number of methoxy groups -OCH3 is 1. The van der Waals surface area contributed by atoms with Crippen molar-refractivity contribution >= 4 is 40.1 Å². The lowest BCUT2D eigenvalue weighted by Crippen LogP contribution is -2.44. The molecular formula is C20H24N2O7S.